The molecule has 0 aromatic carbocycles. The van der Waals surface area contributed by atoms with E-state index in [1.165, 1.54) is 13.0 Å². The maximum absolute atomic E-state index is 11.6. The SMILES string of the molecule is CCC=CC(n1cc(C)c(=O)[nH]c1=O)P(=O)(O)O. The Morgan fingerprint density at radius 1 is 1.50 bits per heavy atom. The number of rotatable bonds is 4. The van der Waals surface area contributed by atoms with E-state index >= 15 is 0 Å². The van der Waals surface area contributed by atoms with Crippen LogP contribution in [0.5, 0.6) is 0 Å². The maximum Gasteiger partial charge on any atom is 0.352 e. The van der Waals surface area contributed by atoms with E-state index in [0.717, 1.165) is 10.8 Å². The lowest BCUT2D eigenvalue weighted by Gasteiger charge is -2.17. The molecule has 0 radical (unpaired) electrons. The number of allylic oxidation sites excluding steroid dienone is 2. The number of H-pyrrole nitrogens is 1. The molecule has 1 rings (SSSR count). The van der Waals surface area contributed by atoms with Crippen molar-refractivity contribution >= 4 is 7.60 Å². The first kappa shape index (κ1) is 14.6. The van der Waals surface area contributed by atoms with Gasteiger partial charge in [-0.2, -0.15) is 0 Å². The van der Waals surface area contributed by atoms with Crippen molar-refractivity contribution in [3.63, 3.8) is 0 Å². The van der Waals surface area contributed by atoms with E-state index in [1.54, 1.807) is 13.0 Å². The van der Waals surface area contributed by atoms with Crippen molar-refractivity contribution in [1.82, 2.24) is 9.55 Å². The summed E-state index contributed by atoms with van der Waals surface area (Å²) >= 11 is 0. The van der Waals surface area contributed by atoms with Crippen LogP contribution in [0.2, 0.25) is 0 Å². The lowest BCUT2D eigenvalue weighted by molar-refractivity contribution is 0.350. The van der Waals surface area contributed by atoms with Crippen LogP contribution in [-0.2, 0) is 4.57 Å². The molecule has 0 aliphatic rings. The normalized spacial score (nSPS) is 14.0. The second kappa shape index (κ2) is 5.48. The Balaban J connectivity index is 3.44. The number of aromatic amines is 1. The van der Waals surface area contributed by atoms with Crippen molar-refractivity contribution in [2.45, 2.75) is 26.1 Å². The van der Waals surface area contributed by atoms with Crippen molar-refractivity contribution in [3.05, 3.63) is 44.8 Å². The third-order valence-electron chi connectivity index (χ3n) is 2.32. The molecule has 100 valence electrons. The molecule has 8 heteroatoms. The summed E-state index contributed by atoms with van der Waals surface area (Å²) in [6.45, 7) is 3.25. The van der Waals surface area contributed by atoms with Gasteiger partial charge in [-0.05, 0) is 13.3 Å². The highest BCUT2D eigenvalue weighted by atomic mass is 31.2. The number of hydrogen-bond acceptors (Lipinski definition) is 3. The standard InChI is InChI=1S/C10H15N2O5P/c1-3-4-5-8(18(15,16)17)12-6-7(2)9(13)11-10(12)14/h4-6,8H,3H2,1-2H3,(H,11,13,14)(H2,15,16,17). The topological polar surface area (TPSA) is 112 Å². The fraction of sp³-hybridized carbons (Fsp3) is 0.400. The van der Waals surface area contributed by atoms with Crippen LogP contribution in [0.15, 0.2) is 27.9 Å². The number of hydrogen-bond donors (Lipinski definition) is 3. The molecule has 0 aliphatic carbocycles. The Morgan fingerprint density at radius 2 is 2.11 bits per heavy atom. The van der Waals surface area contributed by atoms with E-state index in [2.05, 4.69) is 0 Å². The third kappa shape index (κ3) is 3.29. The molecule has 0 saturated carbocycles. The minimum Gasteiger partial charge on any atom is -0.323 e. The summed E-state index contributed by atoms with van der Waals surface area (Å²) in [4.78, 5) is 43.3. The van der Waals surface area contributed by atoms with Gasteiger partial charge < -0.3 is 9.79 Å². The first-order valence-electron chi connectivity index (χ1n) is 5.31. The number of aromatic nitrogens is 2. The molecule has 0 amide bonds. The van der Waals surface area contributed by atoms with Gasteiger partial charge in [-0.25, -0.2) is 4.79 Å². The molecule has 0 fully saturated rings. The van der Waals surface area contributed by atoms with Crippen LogP contribution in [0.1, 0.15) is 24.7 Å². The molecule has 1 unspecified atom stereocenters. The van der Waals surface area contributed by atoms with Gasteiger partial charge in [-0.1, -0.05) is 19.1 Å². The lowest BCUT2D eigenvalue weighted by atomic mass is 10.3. The molecule has 7 nitrogen and oxygen atoms in total. The Kier molecular flexibility index (Phi) is 4.45. The van der Waals surface area contributed by atoms with E-state index in [1.807, 2.05) is 4.98 Å². The Morgan fingerprint density at radius 3 is 2.61 bits per heavy atom. The van der Waals surface area contributed by atoms with E-state index < -0.39 is 24.6 Å². The quantitative estimate of drug-likeness (QED) is 0.546. The average molecular weight is 274 g/mol. The predicted octanol–water partition coefficient (Wildman–Crippen LogP) is 0.488. The summed E-state index contributed by atoms with van der Waals surface area (Å²) in [7, 11) is -4.54. The lowest BCUT2D eigenvalue weighted by Crippen LogP contribution is -2.32. The van der Waals surface area contributed by atoms with Gasteiger partial charge >= 0.3 is 13.3 Å². The molecular formula is C10H15N2O5P. The van der Waals surface area contributed by atoms with Crippen molar-refractivity contribution in [2.24, 2.45) is 0 Å². The van der Waals surface area contributed by atoms with Gasteiger partial charge in [-0.15, -0.1) is 0 Å². The molecular weight excluding hydrogens is 259 g/mol. The molecule has 1 aromatic rings. The van der Waals surface area contributed by atoms with Gasteiger partial charge in [-0.3, -0.25) is 18.9 Å². The highest BCUT2D eigenvalue weighted by Gasteiger charge is 2.29. The Labute approximate surface area is 103 Å². The molecule has 1 heterocycles. The highest BCUT2D eigenvalue weighted by molar-refractivity contribution is 7.52. The highest BCUT2D eigenvalue weighted by Crippen LogP contribution is 2.48. The average Bonchev–Trinajstić information content (AvgIpc) is 2.24. The molecule has 1 atom stereocenters. The molecule has 1 aromatic heterocycles. The predicted molar refractivity (Wildman–Crippen MR) is 66.6 cm³/mol. The zero-order valence-electron chi connectivity index (χ0n) is 10.0. The first-order chi connectivity index (χ1) is 8.27. The van der Waals surface area contributed by atoms with Gasteiger partial charge in [0.05, 0.1) is 0 Å². The summed E-state index contributed by atoms with van der Waals surface area (Å²) < 4.78 is 12.2. The van der Waals surface area contributed by atoms with Crippen LogP contribution >= 0.6 is 7.60 Å². The number of nitrogens with one attached hydrogen (secondary N) is 1. The molecule has 0 saturated heterocycles. The van der Waals surface area contributed by atoms with E-state index in [9.17, 15) is 23.9 Å². The minimum absolute atomic E-state index is 0.206. The monoisotopic (exact) mass is 274 g/mol. The molecule has 0 spiro atoms. The third-order valence-corrected chi connectivity index (χ3v) is 3.43. The van der Waals surface area contributed by atoms with Crippen LogP contribution in [-0.4, -0.2) is 19.3 Å². The summed E-state index contributed by atoms with van der Waals surface area (Å²) in [5, 5.41) is 0. The molecule has 0 bridgehead atoms. The van der Waals surface area contributed by atoms with Crippen LogP contribution in [0.3, 0.4) is 0 Å². The van der Waals surface area contributed by atoms with E-state index in [4.69, 9.17) is 0 Å². The van der Waals surface area contributed by atoms with Gasteiger partial charge in [0.25, 0.3) is 5.56 Å². The van der Waals surface area contributed by atoms with Crippen LogP contribution in [0.25, 0.3) is 0 Å². The Bertz CT molecular complexity index is 609. The summed E-state index contributed by atoms with van der Waals surface area (Å²) in [5.74, 6) is -1.40. The Hall–Kier alpha value is -1.43. The van der Waals surface area contributed by atoms with E-state index in [-0.39, 0.29) is 5.56 Å². The second-order valence-corrected chi connectivity index (χ2v) is 5.53. The van der Waals surface area contributed by atoms with Crippen LogP contribution < -0.4 is 11.2 Å². The smallest absolute Gasteiger partial charge is 0.323 e. The summed E-state index contributed by atoms with van der Waals surface area (Å²) in [6.07, 6.45) is 4.54. The van der Waals surface area contributed by atoms with E-state index in [0.29, 0.717) is 6.42 Å². The zero-order valence-corrected chi connectivity index (χ0v) is 10.9. The second-order valence-electron chi connectivity index (χ2n) is 3.82. The fourth-order valence-corrected chi connectivity index (χ4v) is 2.25. The maximum atomic E-state index is 11.6. The molecule has 3 N–H and O–H groups in total. The van der Waals surface area contributed by atoms with Crippen molar-refractivity contribution in [1.29, 1.82) is 0 Å². The molecule has 0 aliphatic heterocycles. The summed E-state index contributed by atoms with van der Waals surface area (Å²) in [6, 6.07) is 0. The minimum atomic E-state index is -4.54. The van der Waals surface area contributed by atoms with Crippen molar-refractivity contribution in [2.75, 3.05) is 0 Å². The van der Waals surface area contributed by atoms with Gasteiger partial charge in [0, 0.05) is 11.8 Å². The summed E-state index contributed by atoms with van der Waals surface area (Å²) in [5.41, 5.74) is -1.21. The zero-order chi connectivity index (χ0) is 13.9. The first-order valence-corrected chi connectivity index (χ1v) is 6.99. The number of aryl methyl sites for hydroxylation is 1. The van der Waals surface area contributed by atoms with Crippen LogP contribution in [0.4, 0.5) is 0 Å². The fourth-order valence-electron chi connectivity index (χ4n) is 1.41. The largest absolute Gasteiger partial charge is 0.352 e. The van der Waals surface area contributed by atoms with Gasteiger partial charge in [0.1, 0.15) is 0 Å². The van der Waals surface area contributed by atoms with Gasteiger partial charge in [0.2, 0.25) is 0 Å². The van der Waals surface area contributed by atoms with Crippen molar-refractivity contribution in [3.8, 4) is 0 Å². The van der Waals surface area contributed by atoms with Crippen LogP contribution in [0, 0.1) is 6.92 Å². The number of nitrogens with zero attached hydrogens (tertiary/aromatic N) is 1. The van der Waals surface area contributed by atoms with Gasteiger partial charge in [0.15, 0.2) is 5.78 Å². The van der Waals surface area contributed by atoms with Crippen molar-refractivity contribution < 1.29 is 14.4 Å². The molecule has 18 heavy (non-hydrogen) atoms.